The predicted molar refractivity (Wildman–Crippen MR) is 65.9 cm³/mol. The van der Waals surface area contributed by atoms with Gasteiger partial charge in [-0.15, -0.1) is 0 Å². The Balaban J connectivity index is 2.69. The van der Waals surface area contributed by atoms with E-state index in [0.29, 0.717) is 12.8 Å². The summed E-state index contributed by atoms with van der Waals surface area (Å²) in [6.45, 7) is 3.77. The van der Waals surface area contributed by atoms with E-state index >= 15 is 0 Å². The number of fused-ring (bicyclic) bond motifs is 1. The molecule has 0 saturated carbocycles. The summed E-state index contributed by atoms with van der Waals surface area (Å²) in [5.74, 6) is -0.823. The minimum Gasteiger partial charge on any atom is -0.479 e. The average Bonchev–Trinajstić information content (AvgIpc) is 2.76. The van der Waals surface area contributed by atoms with Crippen molar-refractivity contribution in [3.05, 3.63) is 30.5 Å². The van der Waals surface area contributed by atoms with E-state index in [1.807, 2.05) is 38.1 Å². The molecule has 90 valence electrons. The van der Waals surface area contributed by atoms with Gasteiger partial charge in [-0.2, -0.15) is 5.10 Å². The quantitative estimate of drug-likeness (QED) is 0.881. The van der Waals surface area contributed by atoms with Gasteiger partial charge in [0.05, 0.1) is 11.7 Å². The van der Waals surface area contributed by atoms with Crippen LogP contribution in [-0.4, -0.2) is 20.9 Å². The van der Waals surface area contributed by atoms with Crippen LogP contribution in [0.1, 0.15) is 26.7 Å². The van der Waals surface area contributed by atoms with Crippen LogP contribution < -0.4 is 0 Å². The number of carboxylic acids is 1. The number of carboxylic acid groups (broad SMARTS) is 1. The zero-order valence-electron chi connectivity index (χ0n) is 10.1. The maximum absolute atomic E-state index is 11.6. The van der Waals surface area contributed by atoms with Gasteiger partial charge >= 0.3 is 5.97 Å². The van der Waals surface area contributed by atoms with Crippen molar-refractivity contribution in [2.24, 2.45) is 0 Å². The second kappa shape index (κ2) is 4.20. The van der Waals surface area contributed by atoms with Gasteiger partial charge in [0, 0.05) is 5.39 Å². The molecule has 2 aromatic rings. The maximum atomic E-state index is 11.6. The van der Waals surface area contributed by atoms with Crippen molar-refractivity contribution in [3.8, 4) is 0 Å². The van der Waals surface area contributed by atoms with E-state index in [4.69, 9.17) is 0 Å². The lowest BCUT2D eigenvalue weighted by atomic mass is 9.93. The van der Waals surface area contributed by atoms with Crippen molar-refractivity contribution in [2.75, 3.05) is 0 Å². The molecule has 0 spiro atoms. The Hall–Kier alpha value is -1.84. The largest absolute Gasteiger partial charge is 0.479 e. The number of rotatable bonds is 4. The topological polar surface area (TPSA) is 55.1 Å². The Labute approximate surface area is 99.9 Å². The summed E-state index contributed by atoms with van der Waals surface area (Å²) in [6.07, 6.45) is 2.76. The third-order valence-electron chi connectivity index (χ3n) is 3.45. The van der Waals surface area contributed by atoms with Crippen LogP contribution in [0.5, 0.6) is 0 Å². The van der Waals surface area contributed by atoms with Crippen molar-refractivity contribution >= 4 is 16.9 Å². The molecule has 0 radical (unpaired) electrons. The zero-order valence-corrected chi connectivity index (χ0v) is 10.1. The second-order valence-electron chi connectivity index (χ2n) is 4.16. The minimum atomic E-state index is -0.941. The van der Waals surface area contributed by atoms with Crippen LogP contribution in [0.4, 0.5) is 0 Å². The Bertz CT molecular complexity index is 541. The molecular formula is C13H16N2O2. The van der Waals surface area contributed by atoms with E-state index in [1.165, 1.54) is 0 Å². The van der Waals surface area contributed by atoms with Crippen LogP contribution in [0.3, 0.4) is 0 Å². The van der Waals surface area contributed by atoms with E-state index in [9.17, 15) is 9.90 Å². The number of nitrogens with zero attached hydrogens (tertiary/aromatic N) is 2. The third-order valence-corrected chi connectivity index (χ3v) is 3.45. The summed E-state index contributed by atoms with van der Waals surface area (Å²) in [5, 5.41) is 14.7. The summed E-state index contributed by atoms with van der Waals surface area (Å²) in [6, 6.07) is 7.68. The Kier molecular flexibility index (Phi) is 2.88. The molecule has 0 amide bonds. The van der Waals surface area contributed by atoms with Gasteiger partial charge < -0.3 is 5.11 Å². The number of aromatic nitrogens is 2. The van der Waals surface area contributed by atoms with Crippen LogP contribution in [0.15, 0.2) is 30.5 Å². The first kappa shape index (κ1) is 11.6. The smallest absolute Gasteiger partial charge is 0.331 e. The second-order valence-corrected chi connectivity index (χ2v) is 4.16. The molecule has 0 aliphatic heterocycles. The van der Waals surface area contributed by atoms with E-state index < -0.39 is 11.5 Å². The molecule has 0 unspecified atom stereocenters. The fraction of sp³-hybridized carbons (Fsp3) is 0.385. The summed E-state index contributed by atoms with van der Waals surface area (Å²) in [7, 11) is 0. The highest BCUT2D eigenvalue weighted by molar-refractivity contribution is 5.83. The molecule has 1 heterocycles. The van der Waals surface area contributed by atoms with Gasteiger partial charge in [-0.25, -0.2) is 9.48 Å². The van der Waals surface area contributed by atoms with Crippen LogP contribution in [0, 0.1) is 0 Å². The number of benzene rings is 1. The molecule has 0 bridgehead atoms. The van der Waals surface area contributed by atoms with Crippen molar-refractivity contribution < 1.29 is 9.90 Å². The maximum Gasteiger partial charge on any atom is 0.331 e. The van der Waals surface area contributed by atoms with E-state index in [-0.39, 0.29) is 0 Å². The number of carbonyl (C=O) groups is 1. The van der Waals surface area contributed by atoms with Crippen molar-refractivity contribution in [1.82, 2.24) is 9.78 Å². The van der Waals surface area contributed by atoms with Gasteiger partial charge in [0.2, 0.25) is 0 Å². The molecule has 2 rings (SSSR count). The summed E-state index contributed by atoms with van der Waals surface area (Å²) in [5.41, 5.74) is -0.0677. The van der Waals surface area contributed by atoms with Crippen molar-refractivity contribution in [2.45, 2.75) is 32.2 Å². The zero-order chi connectivity index (χ0) is 12.5. The molecule has 0 aliphatic rings. The highest BCUT2D eigenvalue weighted by Gasteiger charge is 2.38. The van der Waals surface area contributed by atoms with Crippen LogP contribution in [0.2, 0.25) is 0 Å². The summed E-state index contributed by atoms with van der Waals surface area (Å²) in [4.78, 5) is 11.6. The first-order chi connectivity index (χ1) is 8.15. The lowest BCUT2D eigenvalue weighted by Crippen LogP contribution is -2.41. The fourth-order valence-electron chi connectivity index (χ4n) is 2.26. The van der Waals surface area contributed by atoms with Gasteiger partial charge in [0.15, 0.2) is 5.54 Å². The molecule has 0 saturated heterocycles. The normalized spacial score (nSPS) is 11.9. The van der Waals surface area contributed by atoms with Crippen LogP contribution in [-0.2, 0) is 10.3 Å². The molecule has 17 heavy (non-hydrogen) atoms. The molecule has 0 aliphatic carbocycles. The molecule has 0 fully saturated rings. The minimum absolute atomic E-state index is 0.518. The molecule has 1 aromatic heterocycles. The number of hydrogen-bond donors (Lipinski definition) is 1. The number of aliphatic carboxylic acids is 1. The van der Waals surface area contributed by atoms with Gasteiger partial charge in [0.25, 0.3) is 0 Å². The van der Waals surface area contributed by atoms with Gasteiger partial charge in [0.1, 0.15) is 0 Å². The van der Waals surface area contributed by atoms with Crippen molar-refractivity contribution in [3.63, 3.8) is 0 Å². The Morgan fingerprint density at radius 1 is 1.35 bits per heavy atom. The van der Waals surface area contributed by atoms with Gasteiger partial charge in [-0.05, 0) is 18.9 Å². The standard InChI is InChI=1S/C13H16N2O2/c1-3-13(4-2,12(16)17)15-11-8-6-5-7-10(11)9-14-15/h5-9H,3-4H2,1-2H3,(H,16,17). The predicted octanol–water partition coefficient (Wildman–Crippen LogP) is 2.64. The first-order valence-electron chi connectivity index (χ1n) is 5.82. The number of para-hydroxylation sites is 1. The van der Waals surface area contributed by atoms with E-state index in [2.05, 4.69) is 5.10 Å². The van der Waals surface area contributed by atoms with E-state index in [1.54, 1.807) is 10.9 Å². The average molecular weight is 232 g/mol. The molecule has 4 heteroatoms. The SMILES string of the molecule is CCC(CC)(C(=O)O)n1ncc2ccccc21. The van der Waals surface area contributed by atoms with Crippen LogP contribution >= 0.6 is 0 Å². The van der Waals surface area contributed by atoms with Crippen molar-refractivity contribution in [1.29, 1.82) is 0 Å². The third kappa shape index (κ3) is 1.60. The monoisotopic (exact) mass is 232 g/mol. The lowest BCUT2D eigenvalue weighted by molar-refractivity contribution is -0.148. The van der Waals surface area contributed by atoms with Gasteiger partial charge in [-0.3, -0.25) is 0 Å². The first-order valence-corrected chi connectivity index (χ1v) is 5.82. The summed E-state index contributed by atoms with van der Waals surface area (Å²) < 4.78 is 1.64. The number of hydrogen-bond acceptors (Lipinski definition) is 2. The molecule has 4 nitrogen and oxygen atoms in total. The van der Waals surface area contributed by atoms with Gasteiger partial charge in [-0.1, -0.05) is 32.0 Å². The lowest BCUT2D eigenvalue weighted by Gasteiger charge is -2.28. The Morgan fingerprint density at radius 2 is 2.00 bits per heavy atom. The highest BCUT2D eigenvalue weighted by atomic mass is 16.4. The highest BCUT2D eigenvalue weighted by Crippen LogP contribution is 2.29. The fourth-order valence-corrected chi connectivity index (χ4v) is 2.26. The molecule has 0 atom stereocenters. The summed E-state index contributed by atoms with van der Waals surface area (Å²) >= 11 is 0. The molecule has 1 aromatic carbocycles. The molecule has 1 N–H and O–H groups in total. The Morgan fingerprint density at radius 3 is 2.59 bits per heavy atom. The van der Waals surface area contributed by atoms with Crippen LogP contribution in [0.25, 0.3) is 10.9 Å². The van der Waals surface area contributed by atoms with E-state index in [0.717, 1.165) is 10.9 Å². The molecular weight excluding hydrogens is 216 g/mol.